The summed E-state index contributed by atoms with van der Waals surface area (Å²) in [6.45, 7) is 6.40. The molecule has 1 unspecified atom stereocenters. The van der Waals surface area contributed by atoms with Crippen LogP contribution in [0.4, 0.5) is 0 Å². The molecule has 0 fully saturated rings. The van der Waals surface area contributed by atoms with Gasteiger partial charge in [-0.15, -0.1) is 0 Å². The number of carboxylic acid groups (broad SMARTS) is 1. The highest BCUT2D eigenvalue weighted by Gasteiger charge is 2.39. The Bertz CT molecular complexity index is 459. The average Bonchev–Trinajstić information content (AvgIpc) is 2.62. The topological polar surface area (TPSA) is 46.5 Å². The van der Waals surface area contributed by atoms with Crippen LogP contribution in [0.1, 0.15) is 85.0 Å². The molecule has 1 N–H and O–H groups in total. The first-order valence-corrected chi connectivity index (χ1v) is 10.0. The highest BCUT2D eigenvalue weighted by atomic mass is 16.5. The van der Waals surface area contributed by atoms with Gasteiger partial charge in [0.05, 0.1) is 11.5 Å². The maximum atomic E-state index is 12.3. The summed E-state index contributed by atoms with van der Waals surface area (Å²) in [4.78, 5) is 12.3. The molecule has 1 rings (SSSR count). The van der Waals surface area contributed by atoms with Crippen LogP contribution < -0.4 is 4.74 Å². The van der Waals surface area contributed by atoms with E-state index in [9.17, 15) is 9.90 Å². The molecule has 3 heteroatoms. The lowest BCUT2D eigenvalue weighted by Gasteiger charge is -2.33. The van der Waals surface area contributed by atoms with Crippen molar-refractivity contribution in [3.63, 3.8) is 0 Å². The van der Waals surface area contributed by atoms with Gasteiger partial charge in [0.15, 0.2) is 0 Å². The molecule has 0 aliphatic rings. The van der Waals surface area contributed by atoms with E-state index in [1.165, 1.54) is 0 Å². The summed E-state index contributed by atoms with van der Waals surface area (Å²) >= 11 is 0. The average molecular weight is 349 g/mol. The third-order valence-electron chi connectivity index (χ3n) is 5.09. The Morgan fingerprint density at radius 1 is 1.00 bits per heavy atom. The number of hydrogen-bond acceptors (Lipinski definition) is 2. The number of unbranched alkanes of at least 4 members (excludes halogenated alkanes) is 4. The van der Waals surface area contributed by atoms with Crippen molar-refractivity contribution in [2.75, 3.05) is 0 Å². The minimum Gasteiger partial charge on any atom is -0.490 e. The Kier molecular flexibility index (Phi) is 10.3. The Balaban J connectivity index is 2.87. The molecule has 0 aromatic heterocycles. The van der Waals surface area contributed by atoms with Crippen LogP contribution in [-0.4, -0.2) is 17.2 Å². The van der Waals surface area contributed by atoms with Crippen molar-refractivity contribution in [2.24, 2.45) is 5.41 Å². The minimum atomic E-state index is -0.653. The standard InChI is InChI=1S/C22H36O3/c1-4-7-12-16-22(21(23)24,17-13-8-5-2)18-19(6-3)25-20-14-10-9-11-15-20/h9-11,14-15,19H,4-8,12-13,16-18H2,1-3H3,(H,23,24). The van der Waals surface area contributed by atoms with Crippen LogP contribution in [0.25, 0.3) is 0 Å². The molecule has 25 heavy (non-hydrogen) atoms. The van der Waals surface area contributed by atoms with E-state index in [-0.39, 0.29) is 6.10 Å². The van der Waals surface area contributed by atoms with Gasteiger partial charge in [-0.25, -0.2) is 0 Å². The molecule has 0 radical (unpaired) electrons. The van der Waals surface area contributed by atoms with E-state index < -0.39 is 11.4 Å². The van der Waals surface area contributed by atoms with Gasteiger partial charge in [-0.3, -0.25) is 4.79 Å². The summed E-state index contributed by atoms with van der Waals surface area (Å²) in [6.07, 6.45) is 9.27. The number of rotatable bonds is 14. The summed E-state index contributed by atoms with van der Waals surface area (Å²) in [5.74, 6) is 0.186. The number of ether oxygens (including phenoxy) is 1. The normalized spacial score (nSPS) is 12.8. The third kappa shape index (κ3) is 7.50. The first kappa shape index (κ1) is 21.5. The highest BCUT2D eigenvalue weighted by molar-refractivity contribution is 5.74. The number of aliphatic carboxylic acids is 1. The van der Waals surface area contributed by atoms with Crippen molar-refractivity contribution in [1.29, 1.82) is 0 Å². The van der Waals surface area contributed by atoms with Crippen molar-refractivity contribution >= 4 is 5.97 Å². The van der Waals surface area contributed by atoms with E-state index in [1.807, 2.05) is 30.3 Å². The highest BCUT2D eigenvalue weighted by Crippen LogP contribution is 2.38. The number of benzene rings is 1. The van der Waals surface area contributed by atoms with Crippen LogP contribution in [0.2, 0.25) is 0 Å². The molecule has 1 atom stereocenters. The van der Waals surface area contributed by atoms with Crippen molar-refractivity contribution < 1.29 is 14.6 Å². The van der Waals surface area contributed by atoms with Crippen LogP contribution in [0.3, 0.4) is 0 Å². The number of carbonyl (C=O) groups is 1. The molecule has 0 saturated heterocycles. The van der Waals surface area contributed by atoms with Crippen LogP contribution in [0, 0.1) is 5.41 Å². The second-order valence-corrected chi connectivity index (χ2v) is 7.16. The van der Waals surface area contributed by atoms with Gasteiger partial charge in [0.2, 0.25) is 0 Å². The predicted molar refractivity (Wildman–Crippen MR) is 104 cm³/mol. The van der Waals surface area contributed by atoms with Crippen molar-refractivity contribution in [3.05, 3.63) is 30.3 Å². The molecule has 0 heterocycles. The van der Waals surface area contributed by atoms with Gasteiger partial charge in [-0.05, 0) is 31.4 Å². The quantitative estimate of drug-likeness (QED) is 0.392. The van der Waals surface area contributed by atoms with Crippen LogP contribution in [-0.2, 0) is 4.79 Å². The Hall–Kier alpha value is -1.51. The van der Waals surface area contributed by atoms with Gasteiger partial charge >= 0.3 is 5.97 Å². The molecule has 142 valence electrons. The summed E-state index contributed by atoms with van der Waals surface area (Å²) in [5.41, 5.74) is -0.653. The van der Waals surface area contributed by atoms with Gasteiger partial charge in [-0.2, -0.15) is 0 Å². The summed E-state index contributed by atoms with van der Waals surface area (Å²) in [5, 5.41) is 10.1. The molecule has 0 bridgehead atoms. The number of para-hydroxylation sites is 1. The van der Waals surface area contributed by atoms with Crippen molar-refractivity contribution in [3.8, 4) is 5.75 Å². The summed E-state index contributed by atoms with van der Waals surface area (Å²) < 4.78 is 6.12. The number of carboxylic acids is 1. The lowest BCUT2D eigenvalue weighted by molar-refractivity contribution is -0.152. The van der Waals surface area contributed by atoms with Gasteiger partial charge in [0.1, 0.15) is 5.75 Å². The Morgan fingerprint density at radius 2 is 1.56 bits per heavy atom. The fraction of sp³-hybridized carbons (Fsp3) is 0.682. The number of hydrogen-bond donors (Lipinski definition) is 1. The molecular weight excluding hydrogens is 312 g/mol. The van der Waals surface area contributed by atoms with Gasteiger partial charge < -0.3 is 9.84 Å². The molecule has 0 spiro atoms. The zero-order valence-corrected chi connectivity index (χ0v) is 16.3. The van der Waals surface area contributed by atoms with E-state index in [1.54, 1.807) is 0 Å². The van der Waals surface area contributed by atoms with Crippen molar-refractivity contribution in [1.82, 2.24) is 0 Å². The smallest absolute Gasteiger partial charge is 0.309 e. The summed E-state index contributed by atoms with van der Waals surface area (Å²) in [7, 11) is 0. The molecule has 0 saturated carbocycles. The zero-order valence-electron chi connectivity index (χ0n) is 16.3. The van der Waals surface area contributed by atoms with E-state index in [0.29, 0.717) is 6.42 Å². The minimum absolute atomic E-state index is 0.0539. The largest absolute Gasteiger partial charge is 0.490 e. The monoisotopic (exact) mass is 348 g/mol. The molecule has 1 aromatic carbocycles. The van der Waals surface area contributed by atoms with E-state index >= 15 is 0 Å². The predicted octanol–water partition coefficient (Wildman–Crippen LogP) is 6.47. The van der Waals surface area contributed by atoms with Crippen LogP contribution in [0.5, 0.6) is 5.75 Å². The first-order chi connectivity index (χ1) is 12.1. The Morgan fingerprint density at radius 3 is 2.00 bits per heavy atom. The second-order valence-electron chi connectivity index (χ2n) is 7.16. The lowest BCUT2D eigenvalue weighted by Crippen LogP contribution is -2.37. The van der Waals surface area contributed by atoms with E-state index in [4.69, 9.17) is 4.74 Å². The molecule has 1 aromatic rings. The fourth-order valence-electron chi connectivity index (χ4n) is 3.45. The SMILES string of the molecule is CCCCCC(CCCCC)(CC(CC)Oc1ccccc1)C(=O)O. The van der Waals surface area contributed by atoms with Gasteiger partial charge in [-0.1, -0.05) is 77.5 Å². The van der Waals surface area contributed by atoms with Crippen LogP contribution in [0.15, 0.2) is 30.3 Å². The van der Waals surface area contributed by atoms with Gasteiger partial charge in [0, 0.05) is 6.42 Å². The fourth-order valence-corrected chi connectivity index (χ4v) is 3.45. The molecule has 0 aliphatic heterocycles. The summed E-state index contributed by atoms with van der Waals surface area (Å²) in [6, 6.07) is 9.76. The van der Waals surface area contributed by atoms with Gasteiger partial charge in [0.25, 0.3) is 0 Å². The van der Waals surface area contributed by atoms with Crippen LogP contribution >= 0.6 is 0 Å². The van der Waals surface area contributed by atoms with E-state index in [2.05, 4.69) is 20.8 Å². The lowest BCUT2D eigenvalue weighted by atomic mass is 9.73. The zero-order chi connectivity index (χ0) is 18.5. The Labute approximate surface area is 153 Å². The second kappa shape index (κ2) is 11.9. The maximum absolute atomic E-state index is 12.3. The third-order valence-corrected chi connectivity index (χ3v) is 5.09. The molecule has 3 nitrogen and oxygen atoms in total. The van der Waals surface area contributed by atoms with E-state index in [0.717, 1.165) is 63.5 Å². The molecular formula is C22H36O3. The molecule has 0 aliphatic carbocycles. The van der Waals surface area contributed by atoms with Crippen molar-refractivity contribution in [2.45, 2.75) is 91.1 Å². The first-order valence-electron chi connectivity index (χ1n) is 10.0. The maximum Gasteiger partial charge on any atom is 0.309 e. The molecule has 0 amide bonds.